The molecule has 1 saturated carbocycles. The number of rotatable bonds is 4. The zero-order valence-corrected chi connectivity index (χ0v) is 16.5. The Morgan fingerprint density at radius 3 is 2.79 bits per heavy atom. The van der Waals surface area contributed by atoms with E-state index < -0.39 is 0 Å². The van der Waals surface area contributed by atoms with Crippen LogP contribution < -0.4 is 10.9 Å². The van der Waals surface area contributed by atoms with Gasteiger partial charge in [0.1, 0.15) is 17.2 Å². The quantitative estimate of drug-likeness (QED) is 0.722. The van der Waals surface area contributed by atoms with E-state index in [1.807, 2.05) is 5.38 Å². The summed E-state index contributed by atoms with van der Waals surface area (Å²) in [5.74, 6) is -0.0371. The summed E-state index contributed by atoms with van der Waals surface area (Å²) in [6.45, 7) is 2.11. The largest absolute Gasteiger partial charge is 0.352 e. The van der Waals surface area contributed by atoms with Crippen LogP contribution in [0.3, 0.4) is 0 Å². The number of thiophene rings is 1. The van der Waals surface area contributed by atoms with Gasteiger partial charge in [0, 0.05) is 17.0 Å². The standard InChI is InChI=1S/C21H22FN3O2S/c1-13-4-2-3-5-17(13)24-18(26)10-25-12-23-20-19(21(25)27)16(11-28-20)14-6-8-15(22)9-7-14/h6-9,11-13,17H,2-5,10H2,1H3,(H,24,26)/t13-,17-/m0/s1. The van der Waals surface area contributed by atoms with Crippen LogP contribution in [0.5, 0.6) is 0 Å². The molecule has 0 spiro atoms. The van der Waals surface area contributed by atoms with Gasteiger partial charge in [0.2, 0.25) is 5.91 Å². The molecule has 7 heteroatoms. The number of benzene rings is 1. The van der Waals surface area contributed by atoms with E-state index in [0.29, 0.717) is 21.7 Å². The highest BCUT2D eigenvalue weighted by atomic mass is 32.1. The van der Waals surface area contributed by atoms with Gasteiger partial charge in [-0.1, -0.05) is 31.9 Å². The summed E-state index contributed by atoms with van der Waals surface area (Å²) in [6.07, 6.45) is 5.86. The average Bonchev–Trinajstić information content (AvgIpc) is 3.11. The number of fused-ring (bicyclic) bond motifs is 1. The lowest BCUT2D eigenvalue weighted by Gasteiger charge is -2.29. The summed E-state index contributed by atoms with van der Waals surface area (Å²) in [6, 6.07) is 6.19. The molecule has 28 heavy (non-hydrogen) atoms. The van der Waals surface area contributed by atoms with E-state index in [1.165, 1.54) is 40.8 Å². The van der Waals surface area contributed by atoms with Gasteiger partial charge < -0.3 is 5.32 Å². The Balaban J connectivity index is 1.60. The molecule has 4 rings (SSSR count). The second kappa shape index (κ2) is 7.83. The monoisotopic (exact) mass is 399 g/mol. The van der Waals surface area contributed by atoms with Crippen molar-refractivity contribution in [2.45, 2.75) is 45.2 Å². The molecule has 146 valence electrons. The fourth-order valence-corrected chi connectivity index (χ4v) is 4.77. The Kier molecular flexibility index (Phi) is 5.26. The summed E-state index contributed by atoms with van der Waals surface area (Å²) < 4.78 is 14.6. The minimum atomic E-state index is -0.326. The maximum atomic E-state index is 13.2. The first-order valence-corrected chi connectivity index (χ1v) is 10.4. The van der Waals surface area contributed by atoms with Crippen molar-refractivity contribution in [3.8, 4) is 11.1 Å². The lowest BCUT2D eigenvalue weighted by molar-refractivity contribution is -0.123. The van der Waals surface area contributed by atoms with Crippen LogP contribution in [-0.2, 0) is 11.3 Å². The van der Waals surface area contributed by atoms with Gasteiger partial charge in [-0.15, -0.1) is 11.3 Å². The average molecular weight is 399 g/mol. The number of carbonyl (C=O) groups excluding carboxylic acids is 1. The van der Waals surface area contributed by atoms with Crippen molar-refractivity contribution in [3.05, 3.63) is 52.1 Å². The molecule has 3 aromatic rings. The summed E-state index contributed by atoms with van der Waals surface area (Å²) in [7, 11) is 0. The third-order valence-electron chi connectivity index (χ3n) is 5.49. The van der Waals surface area contributed by atoms with Gasteiger partial charge in [-0.3, -0.25) is 14.2 Å². The third-order valence-corrected chi connectivity index (χ3v) is 6.37. The van der Waals surface area contributed by atoms with Crippen molar-refractivity contribution in [3.63, 3.8) is 0 Å². The number of carbonyl (C=O) groups is 1. The number of halogens is 1. The highest BCUT2D eigenvalue weighted by Gasteiger charge is 2.23. The Hall–Kier alpha value is -2.54. The topological polar surface area (TPSA) is 64.0 Å². The van der Waals surface area contributed by atoms with E-state index in [4.69, 9.17) is 0 Å². The van der Waals surface area contributed by atoms with Gasteiger partial charge in [0.25, 0.3) is 5.56 Å². The molecule has 0 radical (unpaired) electrons. The van der Waals surface area contributed by atoms with Crippen molar-refractivity contribution < 1.29 is 9.18 Å². The molecule has 2 atom stereocenters. The van der Waals surface area contributed by atoms with Crippen LogP contribution in [0.25, 0.3) is 21.3 Å². The van der Waals surface area contributed by atoms with Crippen LogP contribution in [0.4, 0.5) is 4.39 Å². The number of hydrogen-bond acceptors (Lipinski definition) is 4. The summed E-state index contributed by atoms with van der Waals surface area (Å²) in [4.78, 5) is 30.5. The van der Waals surface area contributed by atoms with Crippen LogP contribution >= 0.6 is 11.3 Å². The summed E-state index contributed by atoms with van der Waals surface area (Å²) >= 11 is 1.36. The second-order valence-corrected chi connectivity index (χ2v) is 8.31. The van der Waals surface area contributed by atoms with E-state index in [-0.39, 0.29) is 29.9 Å². The van der Waals surface area contributed by atoms with Gasteiger partial charge in [-0.05, 0) is 36.5 Å². The number of nitrogens with one attached hydrogen (secondary N) is 1. The summed E-state index contributed by atoms with van der Waals surface area (Å²) in [5, 5.41) is 5.39. The van der Waals surface area contributed by atoms with Gasteiger partial charge >= 0.3 is 0 Å². The highest BCUT2D eigenvalue weighted by Crippen LogP contribution is 2.30. The van der Waals surface area contributed by atoms with Gasteiger partial charge in [0.15, 0.2) is 0 Å². The van der Waals surface area contributed by atoms with E-state index in [2.05, 4.69) is 17.2 Å². The zero-order valence-electron chi connectivity index (χ0n) is 15.7. The highest BCUT2D eigenvalue weighted by molar-refractivity contribution is 7.17. The molecule has 1 N–H and O–H groups in total. The Labute approximate surface area is 166 Å². The number of nitrogens with zero attached hydrogens (tertiary/aromatic N) is 2. The molecule has 1 aliphatic rings. The van der Waals surface area contributed by atoms with E-state index in [1.54, 1.807) is 12.1 Å². The normalized spacial score (nSPS) is 19.6. The smallest absolute Gasteiger partial charge is 0.263 e. The first-order chi connectivity index (χ1) is 13.5. The lowest BCUT2D eigenvalue weighted by Crippen LogP contribution is -2.43. The molecular weight excluding hydrogens is 377 g/mol. The molecule has 1 aliphatic carbocycles. The van der Waals surface area contributed by atoms with Crippen molar-refractivity contribution in [2.75, 3.05) is 0 Å². The molecular formula is C21H22FN3O2S. The molecule has 5 nitrogen and oxygen atoms in total. The number of hydrogen-bond donors (Lipinski definition) is 1. The zero-order chi connectivity index (χ0) is 19.7. The first kappa shape index (κ1) is 18.8. The molecule has 2 aromatic heterocycles. The molecule has 0 bridgehead atoms. The lowest BCUT2D eigenvalue weighted by atomic mass is 9.86. The van der Waals surface area contributed by atoms with Crippen LogP contribution in [0.1, 0.15) is 32.6 Å². The van der Waals surface area contributed by atoms with Crippen molar-refractivity contribution in [1.82, 2.24) is 14.9 Å². The molecule has 0 unspecified atom stereocenters. The van der Waals surface area contributed by atoms with Crippen molar-refractivity contribution >= 4 is 27.5 Å². The van der Waals surface area contributed by atoms with Gasteiger partial charge in [-0.2, -0.15) is 0 Å². The molecule has 0 aliphatic heterocycles. The SMILES string of the molecule is C[C@H]1CCCC[C@@H]1NC(=O)Cn1cnc2scc(-c3ccc(F)cc3)c2c1=O. The Morgan fingerprint density at radius 1 is 1.29 bits per heavy atom. The maximum Gasteiger partial charge on any atom is 0.263 e. The second-order valence-electron chi connectivity index (χ2n) is 7.45. The van der Waals surface area contributed by atoms with Crippen LogP contribution in [0.15, 0.2) is 40.8 Å². The number of aromatic nitrogens is 2. The minimum Gasteiger partial charge on any atom is -0.352 e. The molecule has 2 heterocycles. The van der Waals surface area contributed by atoms with Crippen LogP contribution in [-0.4, -0.2) is 21.5 Å². The predicted molar refractivity (Wildman–Crippen MR) is 109 cm³/mol. The number of amides is 1. The molecule has 1 amide bonds. The maximum absolute atomic E-state index is 13.2. The fraction of sp³-hybridized carbons (Fsp3) is 0.381. The predicted octanol–water partition coefficient (Wildman–Crippen LogP) is 3.96. The van der Waals surface area contributed by atoms with Gasteiger partial charge in [-0.25, -0.2) is 9.37 Å². The first-order valence-electron chi connectivity index (χ1n) is 9.55. The molecule has 1 fully saturated rings. The Bertz CT molecular complexity index is 1060. The Morgan fingerprint density at radius 2 is 2.04 bits per heavy atom. The van der Waals surface area contributed by atoms with E-state index in [0.717, 1.165) is 24.8 Å². The molecule has 0 saturated heterocycles. The third kappa shape index (κ3) is 3.71. The van der Waals surface area contributed by atoms with Crippen molar-refractivity contribution in [1.29, 1.82) is 0 Å². The van der Waals surface area contributed by atoms with E-state index >= 15 is 0 Å². The van der Waals surface area contributed by atoms with E-state index in [9.17, 15) is 14.0 Å². The molecule has 1 aromatic carbocycles. The van der Waals surface area contributed by atoms with Crippen LogP contribution in [0.2, 0.25) is 0 Å². The fourth-order valence-electron chi connectivity index (χ4n) is 3.86. The van der Waals surface area contributed by atoms with Gasteiger partial charge in [0.05, 0.1) is 11.7 Å². The summed E-state index contributed by atoms with van der Waals surface area (Å²) in [5.41, 5.74) is 1.22. The van der Waals surface area contributed by atoms with Crippen molar-refractivity contribution in [2.24, 2.45) is 5.92 Å². The van der Waals surface area contributed by atoms with Crippen LogP contribution in [0, 0.1) is 11.7 Å². The minimum absolute atomic E-state index is 0.0519.